The van der Waals surface area contributed by atoms with Crippen molar-refractivity contribution >= 4 is 38.9 Å². The molecule has 0 saturated carbocycles. The van der Waals surface area contributed by atoms with Crippen LogP contribution in [0.2, 0.25) is 0 Å². The molecule has 0 aliphatic heterocycles. The number of rotatable bonds is 6. The second-order valence-electron chi connectivity index (χ2n) is 2.78. The Labute approximate surface area is 96.6 Å². The Bertz CT molecular complexity index is 239. The van der Waals surface area contributed by atoms with E-state index in [4.69, 9.17) is 11.6 Å². The molecule has 1 aromatic rings. The Morgan fingerprint density at radius 3 is 2.85 bits per heavy atom. The standard InChI is InChI=1S/C9H13BrClNS/c10-9-4-3-8(13-9)7-12-6-2-1-5-11/h3-4,12H,1-2,5-7H2. The van der Waals surface area contributed by atoms with Crippen LogP contribution in [0.5, 0.6) is 0 Å². The minimum atomic E-state index is 0.770. The SMILES string of the molecule is ClCCCCNCc1ccc(Br)s1. The average molecular weight is 283 g/mol. The summed E-state index contributed by atoms with van der Waals surface area (Å²) in [6.07, 6.45) is 2.26. The second-order valence-corrected chi connectivity index (χ2v) is 5.70. The van der Waals surface area contributed by atoms with Crippen LogP contribution in [0, 0.1) is 0 Å². The van der Waals surface area contributed by atoms with E-state index in [9.17, 15) is 0 Å². The summed E-state index contributed by atoms with van der Waals surface area (Å²) in [5.41, 5.74) is 0. The van der Waals surface area contributed by atoms with Gasteiger partial charge >= 0.3 is 0 Å². The third-order valence-corrected chi connectivity index (χ3v) is 3.56. The fourth-order valence-electron chi connectivity index (χ4n) is 1.00. The van der Waals surface area contributed by atoms with Gasteiger partial charge in [0.15, 0.2) is 0 Å². The van der Waals surface area contributed by atoms with E-state index in [0.29, 0.717) is 0 Å². The molecule has 0 saturated heterocycles. The largest absolute Gasteiger partial charge is 0.312 e. The minimum Gasteiger partial charge on any atom is -0.312 e. The summed E-state index contributed by atoms with van der Waals surface area (Å²) in [4.78, 5) is 1.37. The highest BCUT2D eigenvalue weighted by Crippen LogP contribution is 2.21. The molecule has 0 atom stereocenters. The van der Waals surface area contributed by atoms with Gasteiger partial charge in [0.05, 0.1) is 3.79 Å². The Hall–Kier alpha value is 0.430. The smallest absolute Gasteiger partial charge is 0.0701 e. The third-order valence-electron chi connectivity index (χ3n) is 1.67. The zero-order valence-corrected chi connectivity index (χ0v) is 10.5. The average Bonchev–Trinajstić information content (AvgIpc) is 2.51. The number of hydrogen-bond acceptors (Lipinski definition) is 2. The lowest BCUT2D eigenvalue weighted by Gasteiger charge is -2.00. The lowest BCUT2D eigenvalue weighted by atomic mass is 10.3. The first-order valence-corrected chi connectivity index (χ1v) is 6.48. The van der Waals surface area contributed by atoms with Gasteiger partial charge in [0.2, 0.25) is 0 Å². The van der Waals surface area contributed by atoms with Crippen LogP contribution in [-0.4, -0.2) is 12.4 Å². The number of halogens is 2. The summed E-state index contributed by atoms with van der Waals surface area (Å²) in [7, 11) is 0. The molecule has 0 aromatic carbocycles. The second kappa shape index (κ2) is 6.82. The van der Waals surface area contributed by atoms with E-state index in [1.54, 1.807) is 11.3 Å². The van der Waals surface area contributed by atoms with Gasteiger partial charge < -0.3 is 5.32 Å². The molecule has 1 aromatic heterocycles. The maximum absolute atomic E-state index is 5.57. The normalized spacial score (nSPS) is 10.6. The summed E-state index contributed by atoms with van der Waals surface area (Å²) in [6, 6.07) is 4.23. The van der Waals surface area contributed by atoms with Crippen LogP contribution in [0.4, 0.5) is 0 Å². The Morgan fingerprint density at radius 2 is 2.23 bits per heavy atom. The van der Waals surface area contributed by atoms with Crippen molar-refractivity contribution in [2.75, 3.05) is 12.4 Å². The Kier molecular flexibility index (Phi) is 6.04. The van der Waals surface area contributed by atoms with E-state index >= 15 is 0 Å². The predicted octanol–water partition coefficient (Wildman–Crippen LogP) is 3.62. The highest BCUT2D eigenvalue weighted by atomic mass is 79.9. The summed E-state index contributed by atoms with van der Waals surface area (Å²) in [5.74, 6) is 0.770. The molecule has 0 aliphatic carbocycles. The molecular weight excluding hydrogens is 270 g/mol. The van der Waals surface area contributed by atoms with Crippen molar-refractivity contribution in [3.63, 3.8) is 0 Å². The van der Waals surface area contributed by atoms with E-state index < -0.39 is 0 Å². The van der Waals surface area contributed by atoms with Crippen molar-refractivity contribution < 1.29 is 0 Å². The molecule has 4 heteroatoms. The van der Waals surface area contributed by atoms with Crippen molar-refractivity contribution in [3.05, 3.63) is 20.8 Å². The van der Waals surface area contributed by atoms with E-state index in [0.717, 1.165) is 31.8 Å². The van der Waals surface area contributed by atoms with E-state index in [1.165, 1.54) is 8.66 Å². The first kappa shape index (κ1) is 11.5. The lowest BCUT2D eigenvalue weighted by Crippen LogP contribution is -2.13. The fourth-order valence-corrected chi connectivity index (χ4v) is 2.64. The first-order valence-electron chi connectivity index (χ1n) is 4.34. The molecule has 1 heterocycles. The number of alkyl halides is 1. The van der Waals surface area contributed by atoms with Gasteiger partial charge in [-0.25, -0.2) is 0 Å². The third kappa shape index (κ3) is 5.01. The van der Waals surface area contributed by atoms with Gasteiger partial charge in [0.1, 0.15) is 0 Å². The summed E-state index contributed by atoms with van der Waals surface area (Å²) in [5, 5.41) is 3.38. The Morgan fingerprint density at radius 1 is 1.38 bits per heavy atom. The first-order chi connectivity index (χ1) is 6.33. The monoisotopic (exact) mass is 281 g/mol. The maximum Gasteiger partial charge on any atom is 0.0701 e. The fraction of sp³-hybridized carbons (Fsp3) is 0.556. The number of unbranched alkanes of at least 4 members (excludes halogenated alkanes) is 1. The predicted molar refractivity (Wildman–Crippen MR) is 63.7 cm³/mol. The van der Waals surface area contributed by atoms with Crippen molar-refractivity contribution in [1.29, 1.82) is 0 Å². The van der Waals surface area contributed by atoms with Crippen LogP contribution < -0.4 is 5.32 Å². The molecule has 0 unspecified atom stereocenters. The van der Waals surface area contributed by atoms with E-state index in [1.807, 2.05) is 0 Å². The molecule has 1 nitrogen and oxygen atoms in total. The number of hydrogen-bond donors (Lipinski definition) is 1. The van der Waals surface area contributed by atoms with E-state index in [-0.39, 0.29) is 0 Å². The van der Waals surface area contributed by atoms with Gasteiger partial charge in [0.25, 0.3) is 0 Å². The molecular formula is C9H13BrClNS. The van der Waals surface area contributed by atoms with Crippen molar-refractivity contribution in [3.8, 4) is 0 Å². The highest BCUT2D eigenvalue weighted by Gasteiger charge is 1.96. The van der Waals surface area contributed by atoms with Gasteiger partial charge in [-0.1, -0.05) is 0 Å². The van der Waals surface area contributed by atoms with Crippen LogP contribution in [0.25, 0.3) is 0 Å². The van der Waals surface area contributed by atoms with Crippen molar-refractivity contribution in [1.82, 2.24) is 5.32 Å². The molecule has 0 radical (unpaired) electrons. The van der Waals surface area contributed by atoms with Crippen LogP contribution in [-0.2, 0) is 6.54 Å². The zero-order chi connectivity index (χ0) is 9.52. The van der Waals surface area contributed by atoms with Crippen LogP contribution in [0.1, 0.15) is 17.7 Å². The molecule has 0 fully saturated rings. The van der Waals surface area contributed by atoms with Crippen molar-refractivity contribution in [2.45, 2.75) is 19.4 Å². The van der Waals surface area contributed by atoms with Gasteiger partial charge in [-0.05, 0) is 47.4 Å². The molecule has 1 N–H and O–H groups in total. The minimum absolute atomic E-state index is 0.770. The molecule has 0 amide bonds. The number of thiophene rings is 1. The lowest BCUT2D eigenvalue weighted by molar-refractivity contribution is 0.647. The maximum atomic E-state index is 5.57. The molecule has 1 rings (SSSR count). The topological polar surface area (TPSA) is 12.0 Å². The molecule has 13 heavy (non-hydrogen) atoms. The van der Waals surface area contributed by atoms with Gasteiger partial charge in [-0.3, -0.25) is 0 Å². The van der Waals surface area contributed by atoms with Crippen LogP contribution in [0.3, 0.4) is 0 Å². The van der Waals surface area contributed by atoms with Gasteiger partial charge in [-0.2, -0.15) is 0 Å². The van der Waals surface area contributed by atoms with Crippen LogP contribution >= 0.6 is 38.9 Å². The summed E-state index contributed by atoms with van der Waals surface area (Å²) < 4.78 is 1.20. The van der Waals surface area contributed by atoms with E-state index in [2.05, 4.69) is 33.4 Å². The molecule has 0 aliphatic rings. The van der Waals surface area contributed by atoms with Gasteiger partial charge in [-0.15, -0.1) is 22.9 Å². The molecule has 74 valence electrons. The van der Waals surface area contributed by atoms with Gasteiger partial charge in [0, 0.05) is 17.3 Å². The summed E-state index contributed by atoms with van der Waals surface area (Å²) in [6.45, 7) is 2.03. The number of nitrogens with one attached hydrogen (secondary N) is 1. The van der Waals surface area contributed by atoms with Crippen molar-refractivity contribution in [2.24, 2.45) is 0 Å². The van der Waals surface area contributed by atoms with Crippen LogP contribution in [0.15, 0.2) is 15.9 Å². The molecule has 0 spiro atoms. The highest BCUT2D eigenvalue weighted by molar-refractivity contribution is 9.11. The zero-order valence-electron chi connectivity index (χ0n) is 7.35. The Balaban J connectivity index is 2.06. The summed E-state index contributed by atoms with van der Waals surface area (Å²) >= 11 is 10.8. The quantitative estimate of drug-likeness (QED) is 0.621. The molecule has 0 bridgehead atoms.